The van der Waals surface area contributed by atoms with Crippen LogP contribution in [-0.2, 0) is 16.1 Å². The largest absolute Gasteiger partial charge is 0.353 e. The minimum Gasteiger partial charge on any atom is -0.353 e. The molecule has 170 valence electrons. The van der Waals surface area contributed by atoms with Crippen molar-refractivity contribution in [1.29, 1.82) is 0 Å². The molecule has 2 aliphatic rings. The molecule has 2 amide bonds. The summed E-state index contributed by atoms with van der Waals surface area (Å²) in [5.74, 6) is -0.439. The topological polar surface area (TPSA) is 49.4 Å². The zero-order valence-electron chi connectivity index (χ0n) is 18.6. The lowest BCUT2D eigenvalue weighted by Gasteiger charge is -2.36. The van der Waals surface area contributed by atoms with Gasteiger partial charge in [-0.15, -0.1) is 11.8 Å². The van der Waals surface area contributed by atoms with Crippen molar-refractivity contribution in [3.05, 3.63) is 59.1 Å². The van der Waals surface area contributed by atoms with Gasteiger partial charge >= 0.3 is 0 Å². The fourth-order valence-corrected chi connectivity index (χ4v) is 6.11. The molecule has 1 N–H and O–H groups in total. The molecule has 0 spiro atoms. The minimum absolute atomic E-state index is 0.0106. The van der Waals surface area contributed by atoms with Gasteiger partial charge in [0.15, 0.2) is 0 Å². The second-order valence-corrected chi connectivity index (χ2v) is 10.5. The minimum atomic E-state index is -0.447. The molecule has 0 aromatic heterocycles. The van der Waals surface area contributed by atoms with Crippen LogP contribution >= 0.6 is 23.4 Å². The summed E-state index contributed by atoms with van der Waals surface area (Å²) in [6, 6.07) is 15.8. The van der Waals surface area contributed by atoms with Gasteiger partial charge in [-0.1, -0.05) is 74.9 Å². The van der Waals surface area contributed by atoms with E-state index >= 15 is 0 Å². The third kappa shape index (κ3) is 5.49. The first-order valence-electron chi connectivity index (χ1n) is 11.6. The fraction of sp³-hybridized carbons (Fsp3) is 0.462. The molecule has 1 aliphatic carbocycles. The van der Waals surface area contributed by atoms with Crippen LogP contribution in [-0.4, -0.2) is 23.1 Å². The highest BCUT2D eigenvalue weighted by Gasteiger charge is 2.39. The second kappa shape index (κ2) is 10.8. The van der Waals surface area contributed by atoms with Crippen molar-refractivity contribution >= 4 is 40.9 Å². The van der Waals surface area contributed by atoms with E-state index in [0.29, 0.717) is 11.6 Å². The fourth-order valence-electron chi connectivity index (χ4n) is 4.61. The summed E-state index contributed by atoms with van der Waals surface area (Å²) in [6.07, 6.45) is 8.19. The van der Waals surface area contributed by atoms with Gasteiger partial charge in [0.2, 0.25) is 11.8 Å². The summed E-state index contributed by atoms with van der Waals surface area (Å²) < 4.78 is 0. The van der Waals surface area contributed by atoms with E-state index in [1.54, 1.807) is 0 Å². The predicted octanol–water partition coefficient (Wildman–Crippen LogP) is 6.21. The molecule has 2 aromatic rings. The van der Waals surface area contributed by atoms with Crippen molar-refractivity contribution in [2.24, 2.45) is 5.92 Å². The molecule has 1 fully saturated rings. The van der Waals surface area contributed by atoms with Gasteiger partial charge < -0.3 is 10.2 Å². The van der Waals surface area contributed by atoms with Crippen LogP contribution in [0, 0.1) is 5.92 Å². The average molecular weight is 471 g/mol. The highest BCUT2D eigenvalue weighted by atomic mass is 35.5. The lowest BCUT2D eigenvalue weighted by Crippen LogP contribution is -2.48. The molecule has 6 heteroatoms. The number of amides is 2. The molecule has 4 nitrogen and oxygen atoms in total. The Kier molecular flexibility index (Phi) is 7.80. The number of hydrogen-bond donors (Lipinski definition) is 1. The molecule has 0 radical (unpaired) electrons. The van der Waals surface area contributed by atoms with Crippen LogP contribution in [0.4, 0.5) is 5.69 Å². The van der Waals surface area contributed by atoms with E-state index in [1.165, 1.54) is 31.0 Å². The quantitative estimate of drug-likeness (QED) is 0.564. The van der Waals surface area contributed by atoms with Gasteiger partial charge in [0.25, 0.3) is 0 Å². The number of thioether (sulfide) groups is 1. The molecule has 1 saturated carbocycles. The Labute approximate surface area is 200 Å². The summed E-state index contributed by atoms with van der Waals surface area (Å²) in [6.45, 7) is 2.32. The Morgan fingerprint density at radius 1 is 1.09 bits per heavy atom. The summed E-state index contributed by atoms with van der Waals surface area (Å²) in [5.41, 5.74) is 1.87. The third-order valence-electron chi connectivity index (χ3n) is 6.47. The average Bonchev–Trinajstić information content (AvgIpc) is 2.76. The molecule has 4 rings (SSSR count). The second-order valence-electron chi connectivity index (χ2n) is 8.90. The summed E-state index contributed by atoms with van der Waals surface area (Å²) >= 11 is 7.68. The molecule has 0 unspecified atom stereocenters. The van der Waals surface area contributed by atoms with Crippen molar-refractivity contribution in [3.63, 3.8) is 0 Å². The molecular weight excluding hydrogens is 440 g/mol. The van der Waals surface area contributed by atoms with Crippen LogP contribution in [0.15, 0.2) is 53.4 Å². The van der Waals surface area contributed by atoms with E-state index in [9.17, 15) is 9.59 Å². The predicted molar refractivity (Wildman–Crippen MR) is 132 cm³/mol. The first-order chi connectivity index (χ1) is 15.5. The summed E-state index contributed by atoms with van der Waals surface area (Å²) in [7, 11) is 0. The Morgan fingerprint density at radius 2 is 1.81 bits per heavy atom. The Hall–Kier alpha value is -1.98. The van der Waals surface area contributed by atoms with E-state index in [1.807, 2.05) is 60.4 Å². The van der Waals surface area contributed by atoms with Crippen molar-refractivity contribution in [2.75, 3.05) is 4.90 Å². The zero-order chi connectivity index (χ0) is 22.5. The van der Waals surface area contributed by atoms with E-state index in [-0.39, 0.29) is 17.9 Å². The summed E-state index contributed by atoms with van der Waals surface area (Å²) in [5, 5.41) is 3.46. The molecule has 0 bridgehead atoms. The summed E-state index contributed by atoms with van der Waals surface area (Å²) in [4.78, 5) is 29.6. The number of nitrogens with zero attached hydrogens (tertiary/aromatic N) is 1. The number of benzene rings is 2. The number of fused-ring (bicyclic) bond motifs is 1. The Balaban J connectivity index is 1.52. The smallest absolute Gasteiger partial charge is 0.241 e. The maximum absolute atomic E-state index is 13.6. The Morgan fingerprint density at radius 3 is 2.56 bits per heavy atom. The lowest BCUT2D eigenvalue weighted by atomic mass is 9.95. The van der Waals surface area contributed by atoms with Crippen LogP contribution in [0.5, 0.6) is 0 Å². The number of carbonyl (C=O) groups excluding carboxylic acids is 2. The number of anilines is 1. The number of carbonyl (C=O) groups is 2. The SMILES string of the molecule is C[C@@H](C(=O)NC1CCCCCCC1)[C@H]1Sc2ccccc2N(Cc2cccc(Cl)c2)C1=O. The van der Waals surface area contributed by atoms with Gasteiger partial charge in [0.1, 0.15) is 5.25 Å². The van der Waals surface area contributed by atoms with E-state index in [2.05, 4.69) is 5.32 Å². The van der Waals surface area contributed by atoms with Crippen molar-refractivity contribution in [1.82, 2.24) is 5.32 Å². The monoisotopic (exact) mass is 470 g/mol. The van der Waals surface area contributed by atoms with Gasteiger partial charge in [-0.3, -0.25) is 9.59 Å². The molecular formula is C26H31ClN2O2S. The Bertz CT molecular complexity index is 958. The van der Waals surface area contributed by atoms with E-state index < -0.39 is 11.2 Å². The normalized spacial score (nSPS) is 20.8. The maximum atomic E-state index is 13.6. The number of para-hydroxylation sites is 1. The first kappa shape index (κ1) is 23.2. The van der Waals surface area contributed by atoms with Crippen LogP contribution < -0.4 is 10.2 Å². The van der Waals surface area contributed by atoms with Crippen LogP contribution in [0.25, 0.3) is 0 Å². The van der Waals surface area contributed by atoms with Crippen molar-refractivity contribution in [3.8, 4) is 0 Å². The maximum Gasteiger partial charge on any atom is 0.241 e. The number of rotatable bonds is 5. The van der Waals surface area contributed by atoms with E-state index in [4.69, 9.17) is 11.6 Å². The molecule has 1 aliphatic heterocycles. The number of hydrogen-bond acceptors (Lipinski definition) is 3. The van der Waals surface area contributed by atoms with E-state index in [0.717, 1.165) is 41.8 Å². The molecule has 1 heterocycles. The third-order valence-corrected chi connectivity index (χ3v) is 8.17. The van der Waals surface area contributed by atoms with Crippen molar-refractivity contribution < 1.29 is 9.59 Å². The molecule has 2 atom stereocenters. The van der Waals surface area contributed by atoms with Crippen LogP contribution in [0.1, 0.15) is 57.4 Å². The molecule has 2 aromatic carbocycles. The lowest BCUT2D eigenvalue weighted by molar-refractivity contribution is -0.129. The standard InChI is InChI=1S/C26H31ClN2O2S/c1-18(25(30)28-21-12-5-3-2-4-6-13-21)24-26(31)29(17-19-10-9-11-20(27)16-19)22-14-7-8-15-23(22)32-24/h7-11,14-16,18,21,24H,2-6,12-13,17H2,1H3,(H,28,30)/t18-,24-/m1/s1. The van der Waals surface area contributed by atoms with Gasteiger partial charge in [-0.25, -0.2) is 0 Å². The van der Waals surface area contributed by atoms with Crippen LogP contribution in [0.2, 0.25) is 5.02 Å². The van der Waals surface area contributed by atoms with Crippen LogP contribution in [0.3, 0.4) is 0 Å². The van der Waals surface area contributed by atoms with Gasteiger partial charge in [0, 0.05) is 16.0 Å². The van der Waals surface area contributed by atoms with Gasteiger partial charge in [0.05, 0.1) is 18.2 Å². The first-order valence-corrected chi connectivity index (χ1v) is 12.9. The number of nitrogens with one attached hydrogen (secondary N) is 1. The number of halogens is 1. The molecule has 32 heavy (non-hydrogen) atoms. The highest BCUT2D eigenvalue weighted by molar-refractivity contribution is 8.01. The van der Waals surface area contributed by atoms with Crippen molar-refractivity contribution in [2.45, 2.75) is 74.6 Å². The highest BCUT2D eigenvalue weighted by Crippen LogP contribution is 2.42. The van der Waals surface area contributed by atoms with Gasteiger partial charge in [-0.2, -0.15) is 0 Å². The molecule has 0 saturated heterocycles. The van der Waals surface area contributed by atoms with Gasteiger partial charge in [-0.05, 0) is 42.7 Å². The zero-order valence-corrected chi connectivity index (χ0v) is 20.1.